The van der Waals surface area contributed by atoms with Crippen LogP contribution in [-0.4, -0.2) is 20.7 Å². The highest BCUT2D eigenvalue weighted by molar-refractivity contribution is 5.92. The van der Waals surface area contributed by atoms with Gasteiger partial charge in [-0.2, -0.15) is 5.10 Å². The van der Waals surface area contributed by atoms with Crippen molar-refractivity contribution in [1.29, 1.82) is 0 Å². The van der Waals surface area contributed by atoms with E-state index in [4.69, 9.17) is 0 Å². The molecule has 1 N–H and O–H groups in total. The third-order valence-corrected chi connectivity index (χ3v) is 4.71. The number of alkyl halides is 2. The number of nitrogens with one attached hydrogen (secondary N) is 1. The Balaban J connectivity index is 1.86. The molecule has 0 aliphatic heterocycles. The van der Waals surface area contributed by atoms with Gasteiger partial charge in [-0.05, 0) is 18.9 Å². The fraction of sp³-hybridized carbons (Fsp3) is 0.333. The predicted octanol–water partition coefficient (Wildman–Crippen LogP) is 4.14. The molecule has 0 bridgehead atoms. The first kappa shape index (κ1) is 15.1. The van der Waals surface area contributed by atoms with E-state index >= 15 is 0 Å². The number of halogens is 2. The molecule has 2 heterocycles. The number of hydrogen-bond acceptors (Lipinski definition) is 2. The molecule has 0 amide bonds. The van der Waals surface area contributed by atoms with Crippen LogP contribution in [0.4, 0.5) is 8.78 Å². The molecule has 1 aliphatic carbocycles. The highest BCUT2D eigenvalue weighted by Gasteiger charge is 2.36. The van der Waals surface area contributed by atoms with Crippen LogP contribution in [0, 0.1) is 0 Å². The van der Waals surface area contributed by atoms with E-state index < -0.39 is 5.92 Å². The molecule has 24 heavy (non-hydrogen) atoms. The quantitative estimate of drug-likeness (QED) is 0.768. The fourth-order valence-corrected chi connectivity index (χ4v) is 3.45. The predicted molar refractivity (Wildman–Crippen MR) is 88.2 cm³/mol. The minimum Gasteiger partial charge on any atom is -0.328 e. The first-order valence-electron chi connectivity index (χ1n) is 8.08. The van der Waals surface area contributed by atoms with Crippen molar-refractivity contribution in [2.24, 2.45) is 0 Å². The van der Waals surface area contributed by atoms with Crippen molar-refractivity contribution in [2.45, 2.75) is 37.6 Å². The van der Waals surface area contributed by atoms with Gasteiger partial charge in [0.2, 0.25) is 5.92 Å². The Labute approximate surface area is 137 Å². The van der Waals surface area contributed by atoms with Crippen LogP contribution in [0.5, 0.6) is 0 Å². The van der Waals surface area contributed by atoms with Crippen molar-refractivity contribution in [1.82, 2.24) is 14.8 Å². The molecule has 0 atom stereocenters. The van der Waals surface area contributed by atoms with Gasteiger partial charge in [0.25, 0.3) is 5.56 Å². The number of aromatic amines is 1. The van der Waals surface area contributed by atoms with Crippen LogP contribution < -0.4 is 5.56 Å². The summed E-state index contributed by atoms with van der Waals surface area (Å²) in [6, 6.07) is 11.2. The van der Waals surface area contributed by atoms with Crippen molar-refractivity contribution in [3.63, 3.8) is 0 Å². The molecule has 0 spiro atoms. The second-order valence-electron chi connectivity index (χ2n) is 6.31. The smallest absolute Gasteiger partial charge is 0.259 e. The van der Waals surface area contributed by atoms with Gasteiger partial charge >= 0.3 is 0 Å². The molecular formula is C18H17F2N3O. The van der Waals surface area contributed by atoms with Gasteiger partial charge in [-0.25, -0.2) is 8.78 Å². The summed E-state index contributed by atoms with van der Waals surface area (Å²) < 4.78 is 28.7. The maximum atomic E-state index is 13.5. The minimum absolute atomic E-state index is 0.105. The van der Waals surface area contributed by atoms with E-state index in [0.717, 1.165) is 5.56 Å². The van der Waals surface area contributed by atoms with E-state index in [0.29, 0.717) is 29.4 Å². The molecule has 4 rings (SSSR count). The molecule has 2 aromatic heterocycles. The number of fused-ring (bicyclic) bond motifs is 1. The monoisotopic (exact) mass is 329 g/mol. The number of hydrogen-bond donors (Lipinski definition) is 1. The highest BCUT2D eigenvalue weighted by Crippen LogP contribution is 2.40. The summed E-state index contributed by atoms with van der Waals surface area (Å²) in [5, 5.41) is 5.16. The Morgan fingerprint density at radius 2 is 1.83 bits per heavy atom. The average molecular weight is 329 g/mol. The van der Waals surface area contributed by atoms with E-state index in [1.165, 1.54) is 0 Å². The largest absolute Gasteiger partial charge is 0.328 e. The number of pyridine rings is 1. The molecule has 1 aromatic carbocycles. The van der Waals surface area contributed by atoms with Gasteiger partial charge in [0.1, 0.15) is 5.69 Å². The zero-order chi connectivity index (χ0) is 16.7. The van der Waals surface area contributed by atoms with Crippen molar-refractivity contribution in [3.05, 3.63) is 52.9 Å². The SMILES string of the molecule is O=c1[nH]ccc2c1c(-c1ccccc1)nn2C1CCC(F)(F)CC1. The molecule has 4 nitrogen and oxygen atoms in total. The number of H-pyrrole nitrogens is 1. The molecule has 1 saturated carbocycles. The number of nitrogens with zero attached hydrogens (tertiary/aromatic N) is 2. The molecule has 0 unspecified atom stereocenters. The summed E-state index contributed by atoms with van der Waals surface area (Å²) in [4.78, 5) is 15.0. The Morgan fingerprint density at radius 1 is 1.12 bits per heavy atom. The van der Waals surface area contributed by atoms with E-state index in [1.54, 1.807) is 16.9 Å². The zero-order valence-corrected chi connectivity index (χ0v) is 13.0. The van der Waals surface area contributed by atoms with Crippen molar-refractivity contribution < 1.29 is 8.78 Å². The Morgan fingerprint density at radius 3 is 2.54 bits per heavy atom. The summed E-state index contributed by atoms with van der Waals surface area (Å²) in [6.07, 6.45) is 2.04. The topological polar surface area (TPSA) is 50.7 Å². The molecule has 124 valence electrons. The van der Waals surface area contributed by atoms with Crippen LogP contribution in [0.2, 0.25) is 0 Å². The van der Waals surface area contributed by atoms with Crippen LogP contribution >= 0.6 is 0 Å². The van der Waals surface area contributed by atoms with Crippen LogP contribution in [0.3, 0.4) is 0 Å². The van der Waals surface area contributed by atoms with Gasteiger partial charge in [-0.3, -0.25) is 9.48 Å². The van der Waals surface area contributed by atoms with E-state index in [-0.39, 0.29) is 24.4 Å². The summed E-state index contributed by atoms with van der Waals surface area (Å²) in [6.45, 7) is 0. The lowest BCUT2D eigenvalue weighted by Crippen LogP contribution is -2.26. The summed E-state index contributed by atoms with van der Waals surface area (Å²) in [5.74, 6) is -2.58. The van der Waals surface area contributed by atoms with E-state index in [9.17, 15) is 13.6 Å². The molecule has 1 fully saturated rings. The van der Waals surface area contributed by atoms with E-state index in [1.807, 2.05) is 30.3 Å². The fourth-order valence-electron chi connectivity index (χ4n) is 3.45. The van der Waals surface area contributed by atoms with Gasteiger partial charge in [0, 0.05) is 24.6 Å². The lowest BCUT2D eigenvalue weighted by atomic mass is 9.92. The number of rotatable bonds is 2. The second kappa shape index (κ2) is 5.54. The Kier molecular flexibility index (Phi) is 3.48. The maximum absolute atomic E-state index is 13.5. The minimum atomic E-state index is -2.58. The van der Waals surface area contributed by atoms with E-state index in [2.05, 4.69) is 10.1 Å². The summed E-state index contributed by atoms with van der Waals surface area (Å²) in [7, 11) is 0. The molecule has 1 aliphatic rings. The van der Waals surface area contributed by atoms with Gasteiger partial charge in [-0.1, -0.05) is 30.3 Å². The molecule has 6 heteroatoms. The van der Waals surface area contributed by atoms with Crippen LogP contribution in [0.1, 0.15) is 31.7 Å². The lowest BCUT2D eigenvalue weighted by Gasteiger charge is -2.28. The molecule has 0 saturated heterocycles. The van der Waals surface area contributed by atoms with Crippen LogP contribution in [0.25, 0.3) is 22.2 Å². The standard InChI is InChI=1S/C18H17F2N3O/c19-18(20)9-6-13(7-10-18)23-14-8-11-21-17(24)15(14)16(22-23)12-4-2-1-3-5-12/h1-5,8,11,13H,6-7,9-10H2,(H,21,24). The molecule has 0 radical (unpaired) electrons. The third kappa shape index (κ3) is 2.52. The van der Waals surface area contributed by atoms with Crippen LogP contribution in [0.15, 0.2) is 47.4 Å². The second-order valence-corrected chi connectivity index (χ2v) is 6.31. The van der Waals surface area contributed by atoms with Crippen LogP contribution in [-0.2, 0) is 0 Å². The molecular weight excluding hydrogens is 312 g/mol. The maximum Gasteiger partial charge on any atom is 0.259 e. The lowest BCUT2D eigenvalue weighted by molar-refractivity contribution is -0.0445. The Bertz CT molecular complexity index is 920. The first-order valence-corrected chi connectivity index (χ1v) is 8.08. The van der Waals surface area contributed by atoms with Gasteiger partial charge < -0.3 is 4.98 Å². The van der Waals surface area contributed by atoms with Crippen molar-refractivity contribution in [3.8, 4) is 11.3 Å². The van der Waals surface area contributed by atoms with Gasteiger partial charge in [-0.15, -0.1) is 0 Å². The van der Waals surface area contributed by atoms with Gasteiger partial charge in [0.05, 0.1) is 16.9 Å². The number of benzene rings is 1. The van der Waals surface area contributed by atoms with Gasteiger partial charge in [0.15, 0.2) is 0 Å². The number of aromatic nitrogens is 3. The normalized spacial score (nSPS) is 18.1. The average Bonchev–Trinajstić information content (AvgIpc) is 2.97. The Hall–Kier alpha value is -2.50. The third-order valence-electron chi connectivity index (χ3n) is 4.71. The van der Waals surface area contributed by atoms with Crippen molar-refractivity contribution in [2.75, 3.05) is 0 Å². The summed E-state index contributed by atoms with van der Waals surface area (Å²) >= 11 is 0. The zero-order valence-electron chi connectivity index (χ0n) is 13.0. The molecule has 3 aromatic rings. The summed E-state index contributed by atoms with van der Waals surface area (Å²) in [5.41, 5.74) is 1.94. The first-order chi connectivity index (χ1) is 11.6. The highest BCUT2D eigenvalue weighted by atomic mass is 19.3. The van der Waals surface area contributed by atoms with Crippen molar-refractivity contribution >= 4 is 10.9 Å².